The Kier molecular flexibility index (Phi) is 4.98. The predicted octanol–water partition coefficient (Wildman–Crippen LogP) is 6.24. The molecule has 2 aromatic carbocycles. The van der Waals surface area contributed by atoms with E-state index in [-0.39, 0.29) is 5.41 Å². The van der Waals surface area contributed by atoms with Gasteiger partial charge in [0.1, 0.15) is 0 Å². The number of benzene rings is 2. The number of hydrogen-bond donors (Lipinski definition) is 2. The summed E-state index contributed by atoms with van der Waals surface area (Å²) in [7, 11) is 0. The second-order valence-corrected chi connectivity index (χ2v) is 9.38. The maximum atomic E-state index is 12.1. The van der Waals surface area contributed by atoms with E-state index in [0.717, 1.165) is 46.5 Å². The predicted molar refractivity (Wildman–Crippen MR) is 116 cm³/mol. The van der Waals surface area contributed by atoms with Crippen molar-refractivity contribution in [2.24, 2.45) is 5.41 Å². The molecule has 0 saturated heterocycles. The highest BCUT2D eigenvalue weighted by molar-refractivity contribution is 7.16. The first-order valence-electron chi connectivity index (χ1n) is 9.69. The average Bonchev–Trinajstić information content (AvgIpc) is 3.05. The van der Waals surface area contributed by atoms with Crippen molar-refractivity contribution in [3.63, 3.8) is 0 Å². The van der Waals surface area contributed by atoms with E-state index in [2.05, 4.69) is 31.3 Å². The molecule has 0 bridgehead atoms. The molecule has 2 N–H and O–H groups in total. The van der Waals surface area contributed by atoms with Gasteiger partial charge in [0.25, 0.3) is 0 Å². The van der Waals surface area contributed by atoms with Gasteiger partial charge < -0.3 is 10.4 Å². The van der Waals surface area contributed by atoms with Crippen LogP contribution < -0.4 is 5.32 Å². The Labute approximate surface area is 170 Å². The number of nitrogens with one attached hydrogen (secondary N) is 1. The molecule has 0 fully saturated rings. The number of aromatic carboxylic acids is 1. The number of hydrogen-bond acceptors (Lipinski definition) is 3. The summed E-state index contributed by atoms with van der Waals surface area (Å²) >= 11 is 1.67. The molecule has 0 saturated carbocycles. The van der Waals surface area contributed by atoms with Crippen LogP contribution in [0.2, 0.25) is 0 Å². The zero-order valence-electron chi connectivity index (χ0n) is 16.3. The van der Waals surface area contributed by atoms with E-state index < -0.39 is 5.97 Å². The second kappa shape index (κ2) is 7.44. The lowest BCUT2D eigenvalue weighted by atomic mass is 9.76. The van der Waals surface area contributed by atoms with Gasteiger partial charge in [-0.25, -0.2) is 4.79 Å². The van der Waals surface area contributed by atoms with Crippen LogP contribution in [0.3, 0.4) is 0 Å². The standard InChI is InChI=1S/C24H25NO2S/c1-24(2)12-11-20-19(14-24)21(23(26)27)22(28-20)17-8-6-7-16(13-17)15-25-18-9-4-3-5-10-18/h3-10,13,25H,11-12,14-15H2,1-2H3,(H,26,27). The Morgan fingerprint density at radius 2 is 1.93 bits per heavy atom. The molecular formula is C24H25NO2S. The topological polar surface area (TPSA) is 49.3 Å². The van der Waals surface area contributed by atoms with Gasteiger partial charge in [0.05, 0.1) is 5.56 Å². The Morgan fingerprint density at radius 3 is 2.68 bits per heavy atom. The van der Waals surface area contributed by atoms with Crippen molar-refractivity contribution in [2.75, 3.05) is 5.32 Å². The van der Waals surface area contributed by atoms with Gasteiger partial charge in [-0.3, -0.25) is 0 Å². The summed E-state index contributed by atoms with van der Waals surface area (Å²) in [5, 5.41) is 13.4. The number of carboxylic acid groups (broad SMARTS) is 1. The molecule has 0 amide bonds. The van der Waals surface area contributed by atoms with Gasteiger partial charge in [-0.15, -0.1) is 11.3 Å². The van der Waals surface area contributed by atoms with Crippen LogP contribution in [0.25, 0.3) is 10.4 Å². The van der Waals surface area contributed by atoms with E-state index in [1.807, 2.05) is 42.5 Å². The van der Waals surface area contributed by atoms with Crippen LogP contribution in [0, 0.1) is 5.41 Å². The molecule has 0 atom stereocenters. The van der Waals surface area contributed by atoms with Crippen LogP contribution in [0.1, 0.15) is 46.6 Å². The summed E-state index contributed by atoms with van der Waals surface area (Å²) < 4.78 is 0. The van der Waals surface area contributed by atoms with E-state index in [0.29, 0.717) is 12.1 Å². The molecule has 0 radical (unpaired) electrons. The molecular weight excluding hydrogens is 366 g/mol. The first-order valence-corrected chi connectivity index (χ1v) is 10.5. The highest BCUT2D eigenvalue weighted by Crippen LogP contribution is 2.45. The quantitative estimate of drug-likeness (QED) is 0.541. The minimum Gasteiger partial charge on any atom is -0.478 e. The third kappa shape index (κ3) is 3.83. The molecule has 1 aliphatic carbocycles. The number of fused-ring (bicyclic) bond motifs is 1. The highest BCUT2D eigenvalue weighted by Gasteiger charge is 2.32. The lowest BCUT2D eigenvalue weighted by molar-refractivity contribution is 0.0696. The van der Waals surface area contributed by atoms with E-state index >= 15 is 0 Å². The van der Waals surface area contributed by atoms with Gasteiger partial charge in [0.15, 0.2) is 0 Å². The molecule has 1 heterocycles. The Balaban J connectivity index is 1.66. The minimum atomic E-state index is -0.807. The number of para-hydroxylation sites is 1. The number of carboxylic acids is 1. The largest absolute Gasteiger partial charge is 0.478 e. The fraction of sp³-hybridized carbons (Fsp3) is 0.292. The third-order valence-corrected chi connectivity index (χ3v) is 6.79. The van der Waals surface area contributed by atoms with Crippen molar-refractivity contribution in [3.8, 4) is 10.4 Å². The molecule has 1 aliphatic rings. The molecule has 4 heteroatoms. The molecule has 0 aliphatic heterocycles. The number of anilines is 1. The molecule has 144 valence electrons. The van der Waals surface area contributed by atoms with E-state index in [1.165, 1.54) is 4.88 Å². The summed E-state index contributed by atoms with van der Waals surface area (Å²) in [4.78, 5) is 14.3. The lowest BCUT2D eigenvalue weighted by Gasteiger charge is -2.29. The second-order valence-electron chi connectivity index (χ2n) is 8.27. The molecule has 4 rings (SSSR count). The van der Waals surface area contributed by atoms with Crippen molar-refractivity contribution in [2.45, 2.75) is 39.7 Å². The van der Waals surface area contributed by atoms with Gasteiger partial charge in [-0.05, 0) is 59.6 Å². The monoisotopic (exact) mass is 391 g/mol. The van der Waals surface area contributed by atoms with Gasteiger partial charge in [-0.1, -0.05) is 50.2 Å². The SMILES string of the molecule is CC1(C)CCc2sc(-c3cccc(CNc4ccccc4)c3)c(C(=O)O)c2C1. The van der Waals surface area contributed by atoms with Gasteiger partial charge in [-0.2, -0.15) is 0 Å². The smallest absolute Gasteiger partial charge is 0.337 e. The first-order chi connectivity index (χ1) is 13.4. The van der Waals surface area contributed by atoms with Crippen LogP contribution in [0.5, 0.6) is 0 Å². The van der Waals surface area contributed by atoms with E-state index in [9.17, 15) is 9.90 Å². The van der Waals surface area contributed by atoms with Crippen molar-refractivity contribution < 1.29 is 9.90 Å². The summed E-state index contributed by atoms with van der Waals surface area (Å²) in [6.45, 7) is 5.17. The number of rotatable bonds is 5. The minimum absolute atomic E-state index is 0.164. The Hall–Kier alpha value is -2.59. The van der Waals surface area contributed by atoms with Crippen molar-refractivity contribution in [3.05, 3.63) is 76.2 Å². The molecule has 3 nitrogen and oxygen atoms in total. The Bertz CT molecular complexity index is 1000. The summed E-state index contributed by atoms with van der Waals surface area (Å²) in [6.07, 6.45) is 2.93. The van der Waals surface area contributed by atoms with Crippen molar-refractivity contribution in [1.29, 1.82) is 0 Å². The molecule has 0 unspecified atom stereocenters. The zero-order valence-corrected chi connectivity index (χ0v) is 17.1. The van der Waals surface area contributed by atoms with Crippen LogP contribution in [-0.2, 0) is 19.4 Å². The highest BCUT2D eigenvalue weighted by atomic mass is 32.1. The van der Waals surface area contributed by atoms with Crippen LogP contribution in [0.4, 0.5) is 5.69 Å². The summed E-state index contributed by atoms with van der Waals surface area (Å²) in [5.41, 5.74) is 4.95. The van der Waals surface area contributed by atoms with E-state index in [4.69, 9.17) is 0 Å². The normalized spacial score (nSPS) is 15.1. The van der Waals surface area contributed by atoms with Crippen LogP contribution in [0.15, 0.2) is 54.6 Å². The molecule has 28 heavy (non-hydrogen) atoms. The number of thiophene rings is 1. The fourth-order valence-electron chi connectivity index (χ4n) is 3.93. The van der Waals surface area contributed by atoms with Crippen LogP contribution in [-0.4, -0.2) is 11.1 Å². The zero-order chi connectivity index (χ0) is 19.7. The number of carbonyl (C=O) groups is 1. The van der Waals surface area contributed by atoms with Crippen molar-refractivity contribution in [1.82, 2.24) is 0 Å². The molecule has 0 spiro atoms. The van der Waals surface area contributed by atoms with E-state index in [1.54, 1.807) is 11.3 Å². The fourth-order valence-corrected chi connectivity index (χ4v) is 5.24. The van der Waals surface area contributed by atoms with Gasteiger partial charge >= 0.3 is 5.97 Å². The average molecular weight is 392 g/mol. The number of aryl methyl sites for hydroxylation is 1. The van der Waals surface area contributed by atoms with Crippen LogP contribution >= 0.6 is 11.3 Å². The molecule has 3 aromatic rings. The van der Waals surface area contributed by atoms with Crippen molar-refractivity contribution >= 4 is 23.0 Å². The third-order valence-electron chi connectivity index (χ3n) is 5.45. The maximum Gasteiger partial charge on any atom is 0.337 e. The summed E-state index contributed by atoms with van der Waals surface area (Å²) in [6, 6.07) is 18.3. The van der Waals surface area contributed by atoms with Gasteiger partial charge in [0.2, 0.25) is 0 Å². The lowest BCUT2D eigenvalue weighted by Crippen LogP contribution is -2.22. The van der Waals surface area contributed by atoms with Gasteiger partial charge in [0, 0.05) is 22.0 Å². The Morgan fingerprint density at radius 1 is 1.14 bits per heavy atom. The maximum absolute atomic E-state index is 12.1. The molecule has 1 aromatic heterocycles. The first kappa shape index (κ1) is 18.8. The summed E-state index contributed by atoms with van der Waals surface area (Å²) in [5.74, 6) is -0.807.